The molecule has 5 aliphatic rings. The lowest BCUT2D eigenvalue weighted by molar-refractivity contribution is -0.141. The van der Waals surface area contributed by atoms with Crippen LogP contribution in [0.1, 0.15) is 109 Å². The Morgan fingerprint density at radius 3 is 2.55 bits per heavy atom. The number of aryl methyl sites for hydroxylation is 1. The lowest BCUT2D eigenvalue weighted by Crippen LogP contribution is -2.58. The molecule has 300 valence electrons. The molecule has 0 unspecified atom stereocenters. The summed E-state index contributed by atoms with van der Waals surface area (Å²) in [4.78, 5) is 62.2. The van der Waals surface area contributed by atoms with Crippen LogP contribution in [0.4, 0.5) is 4.79 Å². The predicted octanol–water partition coefficient (Wildman–Crippen LogP) is 4.67. The van der Waals surface area contributed by atoms with Crippen molar-refractivity contribution >= 4 is 44.6 Å². The molecule has 55 heavy (non-hydrogen) atoms. The summed E-state index contributed by atoms with van der Waals surface area (Å²) in [7, 11) is -2.21. The quantitative estimate of drug-likeness (QED) is 0.395. The lowest BCUT2D eigenvalue weighted by Gasteiger charge is -2.30. The zero-order valence-electron chi connectivity index (χ0n) is 32.2. The number of nitrogens with one attached hydrogen (secondary N) is 3. The van der Waals surface area contributed by atoms with Crippen molar-refractivity contribution in [1.29, 1.82) is 0 Å². The smallest absolute Gasteiger partial charge is 0.407 e. The topological polar surface area (TPSA) is 182 Å². The highest BCUT2D eigenvalue weighted by Gasteiger charge is 2.62. The summed E-state index contributed by atoms with van der Waals surface area (Å²) in [5, 5.41) is 6.83. The van der Waals surface area contributed by atoms with Gasteiger partial charge in [-0.15, -0.1) is 0 Å². The first-order chi connectivity index (χ1) is 26.3. The summed E-state index contributed by atoms with van der Waals surface area (Å²) in [6.45, 7) is 4.30. The molecule has 15 heteroatoms. The summed E-state index contributed by atoms with van der Waals surface area (Å²) >= 11 is 0. The van der Waals surface area contributed by atoms with E-state index in [4.69, 9.17) is 14.2 Å². The van der Waals surface area contributed by atoms with Crippen LogP contribution >= 0.6 is 0 Å². The van der Waals surface area contributed by atoms with Gasteiger partial charge in [0, 0.05) is 18.0 Å². The Bertz CT molecular complexity index is 1920. The number of aromatic nitrogens is 1. The standard InChI is InChI=1S/C40H55N5O9S/c1-39(2)17-10-9-11-26-19-30-25(20-33(26)52-3)16-18-41-35(30)54-28-21-32-34(46)43-40(37(48)44-55(50,51)29-14-15-29)22-27(40)12-7-5-4-6-8-13-31(36(47)45(32)23-28)42-38(49)53-24-39/h16,18-20,27-29,31-32H,4-15,17,21-24H2,1-3H3,(H,42,49)(H,43,46)(H,44,48)/t27-,28+,31-,32-,40+/m0/s1. The third kappa shape index (κ3) is 8.81. The highest BCUT2D eigenvalue weighted by molar-refractivity contribution is 7.91. The Kier molecular flexibility index (Phi) is 11.2. The first kappa shape index (κ1) is 39.1. The van der Waals surface area contributed by atoms with Crippen molar-refractivity contribution in [2.24, 2.45) is 11.3 Å². The average molecular weight is 782 g/mol. The van der Waals surface area contributed by atoms with E-state index >= 15 is 0 Å². The minimum absolute atomic E-state index is 0.0247. The number of sulfonamides is 1. The van der Waals surface area contributed by atoms with Crippen molar-refractivity contribution in [3.8, 4) is 11.6 Å². The second-order valence-corrected chi connectivity index (χ2v) is 19.0. The Hall–Kier alpha value is -4.14. The monoisotopic (exact) mass is 781 g/mol. The molecule has 4 heterocycles. The molecule has 3 N–H and O–H groups in total. The molecule has 2 aromatic rings. The van der Waals surface area contributed by atoms with Crippen molar-refractivity contribution in [1.82, 2.24) is 25.2 Å². The number of cyclic esters (lactones) is 1. The number of amides is 4. The van der Waals surface area contributed by atoms with Gasteiger partial charge in [0.25, 0.3) is 5.91 Å². The highest BCUT2D eigenvalue weighted by Crippen LogP contribution is 2.48. The summed E-state index contributed by atoms with van der Waals surface area (Å²) in [5.41, 5.74) is -0.711. The average Bonchev–Trinajstić information content (AvgIpc) is 4.07. The number of nitrogens with zero attached hydrogens (tertiary/aromatic N) is 2. The molecule has 3 aliphatic heterocycles. The van der Waals surface area contributed by atoms with Gasteiger partial charge in [-0.05, 0) is 91.8 Å². The summed E-state index contributed by atoms with van der Waals surface area (Å²) in [6, 6.07) is 3.86. The number of fused-ring (bicyclic) bond motifs is 4. The summed E-state index contributed by atoms with van der Waals surface area (Å²) < 4.78 is 46.1. The van der Waals surface area contributed by atoms with E-state index in [-0.39, 0.29) is 30.9 Å². The van der Waals surface area contributed by atoms with Crippen LogP contribution in [-0.2, 0) is 35.6 Å². The minimum atomic E-state index is -3.86. The van der Waals surface area contributed by atoms with E-state index in [2.05, 4.69) is 34.2 Å². The number of hydrogen-bond donors (Lipinski definition) is 3. The fourth-order valence-corrected chi connectivity index (χ4v) is 9.91. The van der Waals surface area contributed by atoms with E-state index in [1.165, 1.54) is 4.90 Å². The van der Waals surface area contributed by atoms with Crippen molar-refractivity contribution in [2.45, 2.75) is 139 Å². The van der Waals surface area contributed by atoms with Crippen LogP contribution in [0, 0.1) is 11.3 Å². The Balaban J connectivity index is 1.23. The van der Waals surface area contributed by atoms with Crippen molar-refractivity contribution < 1.29 is 41.8 Å². The molecule has 4 amide bonds. The maximum Gasteiger partial charge on any atom is 0.407 e. The lowest BCUT2D eigenvalue weighted by atomic mass is 9.87. The van der Waals surface area contributed by atoms with Gasteiger partial charge < -0.3 is 29.7 Å². The van der Waals surface area contributed by atoms with Crippen LogP contribution in [0.2, 0.25) is 0 Å². The fourth-order valence-electron chi connectivity index (χ4n) is 8.54. The van der Waals surface area contributed by atoms with Crippen molar-refractivity contribution in [3.63, 3.8) is 0 Å². The van der Waals surface area contributed by atoms with Crippen LogP contribution in [0.25, 0.3) is 10.8 Å². The summed E-state index contributed by atoms with van der Waals surface area (Å²) in [6.07, 6.45) is 10.1. The van der Waals surface area contributed by atoms with E-state index in [1.807, 2.05) is 18.2 Å². The van der Waals surface area contributed by atoms with Gasteiger partial charge in [-0.1, -0.05) is 52.4 Å². The van der Waals surface area contributed by atoms with Crippen LogP contribution in [0.3, 0.4) is 0 Å². The number of pyridine rings is 1. The summed E-state index contributed by atoms with van der Waals surface area (Å²) in [5.74, 6) is -0.858. The number of ether oxygens (including phenoxy) is 3. The molecule has 4 fully saturated rings. The maximum absolute atomic E-state index is 14.6. The molecule has 1 aromatic carbocycles. The second-order valence-electron chi connectivity index (χ2n) is 17.0. The minimum Gasteiger partial charge on any atom is -0.496 e. The van der Waals surface area contributed by atoms with E-state index in [0.29, 0.717) is 44.4 Å². The van der Waals surface area contributed by atoms with E-state index < -0.39 is 62.8 Å². The molecular formula is C40H55N5O9S. The molecular weight excluding hydrogens is 727 g/mol. The van der Waals surface area contributed by atoms with E-state index in [0.717, 1.165) is 73.5 Å². The third-order valence-corrected chi connectivity index (χ3v) is 13.9. The van der Waals surface area contributed by atoms with Crippen molar-refractivity contribution in [2.75, 3.05) is 20.3 Å². The number of alkyl carbamates (subject to hydrolysis) is 1. The van der Waals surface area contributed by atoms with Gasteiger partial charge in [-0.25, -0.2) is 18.2 Å². The fraction of sp³-hybridized carbons (Fsp3) is 0.675. The Morgan fingerprint density at radius 1 is 1.02 bits per heavy atom. The number of hydrogen-bond acceptors (Lipinski definition) is 10. The maximum atomic E-state index is 14.6. The van der Waals surface area contributed by atoms with E-state index in [1.54, 1.807) is 13.3 Å². The number of benzene rings is 1. The Labute approximate surface area is 323 Å². The molecule has 2 saturated heterocycles. The predicted molar refractivity (Wildman–Crippen MR) is 204 cm³/mol. The van der Waals surface area contributed by atoms with Crippen LogP contribution in [0.15, 0.2) is 24.4 Å². The van der Waals surface area contributed by atoms with E-state index in [9.17, 15) is 27.6 Å². The first-order valence-corrected chi connectivity index (χ1v) is 21.6. The molecule has 5 atom stereocenters. The van der Waals surface area contributed by atoms with Gasteiger partial charge in [0.05, 0.1) is 25.5 Å². The van der Waals surface area contributed by atoms with Crippen LogP contribution < -0.4 is 24.8 Å². The molecule has 2 saturated carbocycles. The largest absolute Gasteiger partial charge is 0.496 e. The van der Waals surface area contributed by atoms with Gasteiger partial charge in [0.2, 0.25) is 27.7 Å². The zero-order valence-corrected chi connectivity index (χ0v) is 33.0. The molecule has 1 aromatic heterocycles. The molecule has 0 spiro atoms. The number of carbonyl (C=O) groups excluding carboxylic acids is 4. The molecule has 14 nitrogen and oxygen atoms in total. The number of carbonyl (C=O) groups is 4. The zero-order chi connectivity index (χ0) is 39.0. The molecule has 0 radical (unpaired) electrons. The van der Waals surface area contributed by atoms with Gasteiger partial charge >= 0.3 is 6.09 Å². The molecule has 5 bridgehead atoms. The van der Waals surface area contributed by atoms with Crippen LogP contribution in [-0.4, -0.2) is 91.4 Å². The van der Waals surface area contributed by atoms with Gasteiger partial charge in [-0.2, -0.15) is 0 Å². The molecule has 2 aliphatic carbocycles. The molecule has 7 rings (SSSR count). The number of methoxy groups -OCH3 is 1. The highest BCUT2D eigenvalue weighted by atomic mass is 32.2. The van der Waals surface area contributed by atoms with Crippen molar-refractivity contribution in [3.05, 3.63) is 30.0 Å². The second kappa shape index (κ2) is 15.8. The van der Waals surface area contributed by atoms with Gasteiger partial charge in [-0.3, -0.25) is 19.1 Å². The van der Waals surface area contributed by atoms with Gasteiger partial charge in [0.1, 0.15) is 29.5 Å². The normalized spacial score (nSPS) is 29.5. The first-order valence-electron chi connectivity index (χ1n) is 20.0. The Morgan fingerprint density at radius 2 is 1.78 bits per heavy atom. The van der Waals surface area contributed by atoms with Gasteiger partial charge in [0.15, 0.2) is 0 Å². The SMILES string of the molecule is COc1cc2ccnc3c2cc1CCCCC(C)(C)COC(=O)N[C@H]1CCCCCCC[C@H]2C[C@@]2(C(=O)NS(=O)(=O)C2CC2)NC(=O)[C@@H]2C[C@H](CN2C1=O)O3. The third-order valence-electron chi connectivity index (χ3n) is 12.1. The van der Waals surface area contributed by atoms with Crippen LogP contribution in [0.5, 0.6) is 11.6 Å². The number of rotatable bonds is 4.